The summed E-state index contributed by atoms with van der Waals surface area (Å²) >= 11 is 0. The molecule has 1 aromatic heterocycles. The van der Waals surface area contributed by atoms with Gasteiger partial charge >= 0.3 is 29.9 Å². The first-order valence-corrected chi connectivity index (χ1v) is 11.7. The van der Waals surface area contributed by atoms with Crippen molar-refractivity contribution in [2.75, 3.05) is 13.7 Å². The molecular formula is C10H17BN2O15P3. The Morgan fingerprint density at radius 3 is 2.39 bits per heavy atom. The van der Waals surface area contributed by atoms with Gasteiger partial charge in [0.2, 0.25) is 5.75 Å². The van der Waals surface area contributed by atoms with Crippen molar-refractivity contribution in [1.29, 1.82) is 0 Å². The van der Waals surface area contributed by atoms with Crippen molar-refractivity contribution >= 4 is 32.7 Å². The van der Waals surface area contributed by atoms with Crippen LogP contribution in [0.25, 0.3) is 0 Å². The molecule has 1 aliphatic heterocycles. The lowest BCUT2D eigenvalue weighted by Crippen LogP contribution is -2.38. The predicted octanol–water partition coefficient (Wildman–Crippen LogP) is -2.75. The highest BCUT2D eigenvalue weighted by molar-refractivity contribution is 7.65. The van der Waals surface area contributed by atoms with E-state index in [1.807, 2.05) is 4.98 Å². The van der Waals surface area contributed by atoms with Crippen LogP contribution in [-0.4, -0.2) is 79.8 Å². The van der Waals surface area contributed by atoms with E-state index in [2.05, 4.69) is 13.1 Å². The van der Waals surface area contributed by atoms with E-state index in [1.54, 1.807) is 0 Å². The molecule has 21 heteroatoms. The largest absolute Gasteiger partial charge is 0.490 e. The van der Waals surface area contributed by atoms with Crippen molar-refractivity contribution in [2.45, 2.75) is 24.5 Å². The predicted molar refractivity (Wildman–Crippen MR) is 98.7 cm³/mol. The number of rotatable bonds is 9. The minimum atomic E-state index is -5.42. The molecule has 1 aromatic rings. The van der Waals surface area contributed by atoms with Gasteiger partial charge in [0.1, 0.15) is 18.3 Å². The first-order valence-electron chi connectivity index (χ1n) is 7.56. The molecular weight excluding hydrogens is 492 g/mol. The SMILES string of the molecule is COc1cn([C@@H]2O[C@H](CO[P@@](O)OP(=O)(O)OP(=O)(O)O)[C@@H](O)[C@H]2O)c(=O)[nH]c1=O.[B]. The minimum Gasteiger partial charge on any atom is -0.490 e. The molecule has 1 aliphatic rings. The zero-order valence-electron chi connectivity index (χ0n) is 15.3. The summed E-state index contributed by atoms with van der Waals surface area (Å²) in [4.78, 5) is 60.9. The highest BCUT2D eigenvalue weighted by atomic mass is 31.3. The van der Waals surface area contributed by atoms with Gasteiger partial charge in [-0.1, -0.05) is 0 Å². The molecule has 0 amide bonds. The smallest absolute Gasteiger partial charge is 0.487 e. The van der Waals surface area contributed by atoms with Crippen molar-refractivity contribution in [3.63, 3.8) is 0 Å². The first kappa shape index (κ1) is 28.1. The lowest BCUT2D eigenvalue weighted by Gasteiger charge is -2.18. The molecule has 6 atom stereocenters. The Labute approximate surface area is 175 Å². The molecule has 0 bridgehead atoms. The fourth-order valence-corrected chi connectivity index (χ4v) is 4.93. The lowest BCUT2D eigenvalue weighted by molar-refractivity contribution is -0.0528. The number of ether oxygens (including phenoxy) is 2. The number of H-pyrrole nitrogens is 1. The summed E-state index contributed by atoms with van der Waals surface area (Å²) in [5.41, 5.74) is -1.84. The zero-order chi connectivity index (χ0) is 22.9. The van der Waals surface area contributed by atoms with Gasteiger partial charge in [-0.3, -0.25) is 14.3 Å². The molecule has 0 aliphatic carbocycles. The summed E-state index contributed by atoms with van der Waals surface area (Å²) in [6.45, 7) is -0.762. The van der Waals surface area contributed by atoms with Crippen LogP contribution in [0.4, 0.5) is 0 Å². The molecule has 17 nitrogen and oxygen atoms in total. The van der Waals surface area contributed by atoms with Gasteiger partial charge in [0.05, 0.1) is 19.9 Å². The van der Waals surface area contributed by atoms with Crippen LogP contribution in [-0.2, 0) is 27.0 Å². The van der Waals surface area contributed by atoms with E-state index in [0.29, 0.717) is 0 Å². The van der Waals surface area contributed by atoms with Crippen LogP contribution in [0.3, 0.4) is 0 Å². The van der Waals surface area contributed by atoms with Crippen LogP contribution in [0.5, 0.6) is 5.75 Å². The number of hydrogen-bond acceptors (Lipinski definition) is 12. The van der Waals surface area contributed by atoms with Gasteiger partial charge < -0.3 is 43.8 Å². The van der Waals surface area contributed by atoms with E-state index >= 15 is 0 Å². The van der Waals surface area contributed by atoms with Crippen molar-refractivity contribution < 1.29 is 61.5 Å². The van der Waals surface area contributed by atoms with E-state index < -0.39 is 66.6 Å². The second-order valence-corrected chi connectivity index (χ2v) is 9.52. The number of aliphatic hydroxyl groups is 2. The molecule has 175 valence electrons. The minimum absolute atomic E-state index is 0. The van der Waals surface area contributed by atoms with Gasteiger partial charge in [0.25, 0.3) is 5.56 Å². The van der Waals surface area contributed by atoms with Gasteiger partial charge in [-0.2, -0.15) is 4.31 Å². The van der Waals surface area contributed by atoms with Gasteiger partial charge in [-0.15, -0.1) is 0 Å². The van der Waals surface area contributed by atoms with E-state index in [-0.39, 0.29) is 14.2 Å². The Hall–Kier alpha value is -0.965. The normalized spacial score (nSPS) is 26.7. The molecule has 1 unspecified atom stereocenters. The molecule has 2 heterocycles. The van der Waals surface area contributed by atoms with Gasteiger partial charge in [-0.05, 0) is 0 Å². The van der Waals surface area contributed by atoms with Crippen molar-refractivity contribution in [2.24, 2.45) is 0 Å². The number of aromatic amines is 1. The number of nitrogens with one attached hydrogen (secondary N) is 1. The number of nitrogens with zero attached hydrogens (tertiary/aromatic N) is 1. The molecule has 0 spiro atoms. The topological polar surface area (TPSA) is 257 Å². The van der Waals surface area contributed by atoms with Gasteiger partial charge in [-0.25, -0.2) is 18.2 Å². The average Bonchev–Trinajstić information content (AvgIpc) is 2.86. The summed E-state index contributed by atoms with van der Waals surface area (Å²) < 4.78 is 44.7. The Bertz CT molecular complexity index is 963. The summed E-state index contributed by atoms with van der Waals surface area (Å²) in [6, 6.07) is 0. The van der Waals surface area contributed by atoms with Crippen LogP contribution in [0.1, 0.15) is 6.23 Å². The number of hydrogen-bond donors (Lipinski definition) is 7. The summed E-state index contributed by atoms with van der Waals surface area (Å²) in [5, 5.41) is 20.2. The number of aliphatic hydroxyl groups excluding tert-OH is 2. The van der Waals surface area contributed by atoms with E-state index in [9.17, 15) is 33.8 Å². The van der Waals surface area contributed by atoms with E-state index in [0.717, 1.165) is 17.9 Å². The maximum absolute atomic E-state index is 11.9. The second kappa shape index (κ2) is 10.8. The number of aromatic nitrogens is 2. The fourth-order valence-electron chi connectivity index (χ4n) is 2.30. The third kappa shape index (κ3) is 7.54. The fraction of sp³-hybridized carbons (Fsp3) is 0.600. The highest BCUT2D eigenvalue weighted by Crippen LogP contribution is 2.63. The zero-order valence-corrected chi connectivity index (χ0v) is 18.0. The van der Waals surface area contributed by atoms with Gasteiger partial charge in [0.15, 0.2) is 6.23 Å². The van der Waals surface area contributed by atoms with Gasteiger partial charge in [0, 0.05) is 8.41 Å². The Kier molecular flexibility index (Phi) is 9.75. The van der Waals surface area contributed by atoms with E-state index in [1.165, 1.54) is 0 Å². The first-order chi connectivity index (χ1) is 13.7. The summed E-state index contributed by atoms with van der Waals surface area (Å²) in [6.07, 6.45) is -5.39. The molecule has 31 heavy (non-hydrogen) atoms. The van der Waals surface area contributed by atoms with E-state index in [4.69, 9.17) is 24.2 Å². The third-order valence-electron chi connectivity index (χ3n) is 3.50. The van der Waals surface area contributed by atoms with Crippen LogP contribution in [0.15, 0.2) is 15.8 Å². The molecule has 7 N–H and O–H groups in total. The van der Waals surface area contributed by atoms with Crippen LogP contribution >= 0.6 is 24.2 Å². The Morgan fingerprint density at radius 2 is 1.84 bits per heavy atom. The van der Waals surface area contributed by atoms with Crippen molar-refractivity contribution in [1.82, 2.24) is 9.55 Å². The summed E-state index contributed by atoms with van der Waals surface area (Å²) in [5.74, 6) is -0.296. The maximum Gasteiger partial charge on any atom is 0.487 e. The molecule has 3 radical (unpaired) electrons. The molecule has 1 saturated heterocycles. The van der Waals surface area contributed by atoms with Crippen molar-refractivity contribution in [3.05, 3.63) is 27.0 Å². The van der Waals surface area contributed by atoms with Crippen LogP contribution < -0.4 is 16.0 Å². The third-order valence-corrected chi connectivity index (χ3v) is 6.93. The van der Waals surface area contributed by atoms with Crippen LogP contribution in [0, 0.1) is 0 Å². The molecule has 0 saturated carbocycles. The second-order valence-electron chi connectivity index (χ2n) is 5.57. The Balaban J connectivity index is 0.00000480. The monoisotopic (exact) mass is 509 g/mol. The average molecular weight is 509 g/mol. The van der Waals surface area contributed by atoms with Crippen molar-refractivity contribution in [3.8, 4) is 5.75 Å². The quantitative estimate of drug-likeness (QED) is 0.132. The molecule has 0 aromatic carbocycles. The standard InChI is InChI=1S/C10H17N2O15P3.B/c1-23-4-2-12(10(16)11-8(4)15)9-7(14)6(13)5(25-9)3-24-28(17)26-30(21,22)27-29(18,19)20;/h2,5-7,9,13-14,17H,3H2,1H3,(H,21,22)(H,11,15,16)(H2,18,19,20);/t5-,6-,7-,9-,28-;/m1./s1. The van der Waals surface area contributed by atoms with Crippen LogP contribution in [0.2, 0.25) is 0 Å². The maximum atomic E-state index is 11.9. The number of phosphoric acid groups is 2. The highest BCUT2D eigenvalue weighted by Gasteiger charge is 2.45. The lowest BCUT2D eigenvalue weighted by atomic mass is 10.1. The number of methoxy groups -OCH3 is 1. The molecule has 1 fully saturated rings. The Morgan fingerprint density at radius 1 is 1.23 bits per heavy atom. The summed E-state index contributed by atoms with van der Waals surface area (Å²) in [7, 11) is -12.9. The molecule has 2 rings (SSSR count).